The number of nitrogens with zero attached hydrogens (tertiary/aromatic N) is 3. The number of thiazole rings is 1. The van der Waals surface area contributed by atoms with Crippen LogP contribution < -0.4 is 4.74 Å². The second-order valence-electron chi connectivity index (χ2n) is 4.28. The molecule has 0 N–H and O–H groups in total. The van der Waals surface area contributed by atoms with Crippen molar-refractivity contribution in [2.75, 3.05) is 7.11 Å². The van der Waals surface area contributed by atoms with Crippen molar-refractivity contribution in [2.45, 2.75) is 0 Å². The Bertz CT molecular complexity index is 803. The van der Waals surface area contributed by atoms with Gasteiger partial charge in [-0.15, -0.1) is 11.3 Å². The van der Waals surface area contributed by atoms with Crippen LogP contribution in [0.4, 0.5) is 0 Å². The Hall–Kier alpha value is -2.71. The van der Waals surface area contributed by atoms with E-state index < -0.39 is 0 Å². The molecule has 0 amide bonds. The highest BCUT2D eigenvalue weighted by atomic mass is 32.1. The van der Waals surface area contributed by atoms with Gasteiger partial charge in [-0.1, -0.05) is 6.07 Å². The zero-order valence-electron chi connectivity index (χ0n) is 11.3. The van der Waals surface area contributed by atoms with E-state index in [1.807, 2.05) is 48.7 Å². The summed E-state index contributed by atoms with van der Waals surface area (Å²) < 4.78 is 5.15. The first kappa shape index (κ1) is 13.3. The fourth-order valence-corrected chi connectivity index (χ4v) is 2.79. The summed E-state index contributed by atoms with van der Waals surface area (Å²) in [5.41, 5.74) is 2.20. The predicted molar refractivity (Wildman–Crippen MR) is 82.0 cm³/mol. The van der Waals surface area contributed by atoms with E-state index in [-0.39, 0.29) is 0 Å². The van der Waals surface area contributed by atoms with Crippen molar-refractivity contribution in [2.24, 2.45) is 0 Å². The smallest absolute Gasteiger partial charge is 0.142 e. The largest absolute Gasteiger partial charge is 0.497 e. The minimum Gasteiger partial charge on any atom is -0.497 e. The van der Waals surface area contributed by atoms with Crippen molar-refractivity contribution in [3.05, 3.63) is 54.4 Å². The minimum atomic E-state index is 0.397. The Morgan fingerprint density at radius 1 is 1.14 bits per heavy atom. The van der Waals surface area contributed by atoms with Gasteiger partial charge in [-0.05, 0) is 42.0 Å². The minimum absolute atomic E-state index is 0.397. The number of aromatic nitrogens is 2. The van der Waals surface area contributed by atoms with Crippen LogP contribution in [-0.4, -0.2) is 17.1 Å². The molecule has 1 aromatic carbocycles. The molecule has 0 radical (unpaired) electrons. The van der Waals surface area contributed by atoms with Crippen LogP contribution in [0.5, 0.6) is 5.75 Å². The summed E-state index contributed by atoms with van der Waals surface area (Å²) in [6.45, 7) is 0. The van der Waals surface area contributed by atoms with Crippen LogP contribution in [0.25, 0.3) is 21.1 Å². The van der Waals surface area contributed by atoms with Crippen LogP contribution in [0.15, 0.2) is 48.7 Å². The second kappa shape index (κ2) is 5.73. The molecule has 0 aliphatic rings. The molecule has 0 saturated heterocycles. The molecule has 0 aliphatic carbocycles. The highest BCUT2D eigenvalue weighted by Crippen LogP contribution is 2.32. The molecular formula is C16H11N3OS. The molecule has 3 aromatic rings. The van der Waals surface area contributed by atoms with Crippen molar-refractivity contribution in [3.63, 3.8) is 0 Å². The van der Waals surface area contributed by atoms with Gasteiger partial charge >= 0.3 is 0 Å². The van der Waals surface area contributed by atoms with Crippen LogP contribution in [0.2, 0.25) is 0 Å². The lowest BCUT2D eigenvalue weighted by atomic mass is 10.2. The molecule has 0 aliphatic heterocycles. The van der Waals surface area contributed by atoms with Crippen molar-refractivity contribution in [1.82, 2.24) is 9.97 Å². The van der Waals surface area contributed by atoms with Crippen LogP contribution in [0.3, 0.4) is 0 Å². The number of ether oxygens (including phenoxy) is 1. The van der Waals surface area contributed by atoms with Gasteiger partial charge in [-0.3, -0.25) is 0 Å². The number of hydrogen-bond acceptors (Lipinski definition) is 5. The highest BCUT2D eigenvalue weighted by Gasteiger charge is 2.08. The van der Waals surface area contributed by atoms with E-state index in [0.29, 0.717) is 5.69 Å². The van der Waals surface area contributed by atoms with E-state index in [2.05, 4.69) is 9.97 Å². The quantitative estimate of drug-likeness (QED) is 0.738. The molecule has 0 unspecified atom stereocenters. The molecule has 0 fully saturated rings. The van der Waals surface area contributed by atoms with Crippen molar-refractivity contribution in [3.8, 4) is 33.0 Å². The molecular weight excluding hydrogens is 282 g/mol. The number of methoxy groups -OCH3 is 1. The first-order valence-corrected chi connectivity index (χ1v) is 7.09. The zero-order valence-corrected chi connectivity index (χ0v) is 12.1. The van der Waals surface area contributed by atoms with Gasteiger partial charge in [0.15, 0.2) is 0 Å². The highest BCUT2D eigenvalue weighted by molar-refractivity contribution is 7.18. The molecule has 2 aromatic heterocycles. The lowest BCUT2D eigenvalue weighted by molar-refractivity contribution is 0.415. The first-order valence-electron chi connectivity index (χ1n) is 6.28. The lowest BCUT2D eigenvalue weighted by Gasteiger charge is -2.00. The number of hydrogen-bond donors (Lipinski definition) is 0. The Kier molecular flexibility index (Phi) is 3.63. The Balaban J connectivity index is 1.93. The summed E-state index contributed by atoms with van der Waals surface area (Å²) in [7, 11) is 1.65. The molecule has 102 valence electrons. The third-order valence-corrected chi connectivity index (χ3v) is 4.03. The molecule has 4 nitrogen and oxygen atoms in total. The Morgan fingerprint density at radius 2 is 1.95 bits per heavy atom. The summed E-state index contributed by atoms with van der Waals surface area (Å²) in [6, 6.07) is 15.2. The van der Waals surface area contributed by atoms with E-state index in [9.17, 15) is 0 Å². The van der Waals surface area contributed by atoms with Crippen molar-refractivity contribution < 1.29 is 4.74 Å². The van der Waals surface area contributed by atoms with Crippen LogP contribution in [0, 0.1) is 11.3 Å². The zero-order chi connectivity index (χ0) is 14.7. The number of rotatable bonds is 3. The fourth-order valence-electron chi connectivity index (χ4n) is 1.90. The van der Waals surface area contributed by atoms with E-state index in [1.165, 1.54) is 0 Å². The molecule has 21 heavy (non-hydrogen) atoms. The van der Waals surface area contributed by atoms with Crippen molar-refractivity contribution >= 4 is 11.3 Å². The average Bonchev–Trinajstić information content (AvgIpc) is 3.05. The Morgan fingerprint density at radius 3 is 2.67 bits per heavy atom. The molecule has 0 atom stereocenters. The summed E-state index contributed by atoms with van der Waals surface area (Å²) in [4.78, 5) is 9.71. The van der Waals surface area contributed by atoms with E-state index in [0.717, 1.165) is 26.9 Å². The molecule has 0 saturated carbocycles. The number of benzene rings is 1. The molecule has 0 bridgehead atoms. The third-order valence-electron chi connectivity index (χ3n) is 2.96. The van der Waals surface area contributed by atoms with Gasteiger partial charge in [-0.25, -0.2) is 9.97 Å². The normalized spacial score (nSPS) is 10.1. The average molecular weight is 293 g/mol. The molecule has 5 heteroatoms. The number of pyridine rings is 1. The first-order chi connectivity index (χ1) is 10.3. The Labute approximate surface area is 126 Å². The van der Waals surface area contributed by atoms with Gasteiger partial charge < -0.3 is 4.74 Å². The lowest BCUT2D eigenvalue weighted by Crippen LogP contribution is -1.85. The van der Waals surface area contributed by atoms with Crippen LogP contribution >= 0.6 is 11.3 Å². The summed E-state index contributed by atoms with van der Waals surface area (Å²) in [5.74, 6) is 0.826. The summed E-state index contributed by atoms with van der Waals surface area (Å²) in [5, 5.41) is 9.70. The summed E-state index contributed by atoms with van der Waals surface area (Å²) in [6.07, 6.45) is 1.82. The van der Waals surface area contributed by atoms with E-state index >= 15 is 0 Å². The van der Waals surface area contributed by atoms with Crippen molar-refractivity contribution in [1.29, 1.82) is 5.26 Å². The van der Waals surface area contributed by atoms with Gasteiger partial charge in [-0.2, -0.15) is 5.26 Å². The maximum Gasteiger partial charge on any atom is 0.142 e. The molecule has 2 heterocycles. The van der Waals surface area contributed by atoms with E-state index in [1.54, 1.807) is 24.5 Å². The third kappa shape index (κ3) is 2.76. The fraction of sp³-hybridized carbons (Fsp3) is 0.0625. The number of nitriles is 1. The SMILES string of the molecule is COc1ccc(-c2cnc(-c3cccc(C#N)n3)s2)cc1. The predicted octanol–water partition coefficient (Wildman–Crippen LogP) is 3.75. The van der Waals surface area contributed by atoms with Gasteiger partial charge in [0.2, 0.25) is 0 Å². The van der Waals surface area contributed by atoms with Gasteiger partial charge in [0, 0.05) is 6.20 Å². The van der Waals surface area contributed by atoms with Crippen LogP contribution in [-0.2, 0) is 0 Å². The second-order valence-corrected chi connectivity index (χ2v) is 5.31. The monoisotopic (exact) mass is 293 g/mol. The van der Waals surface area contributed by atoms with Gasteiger partial charge in [0.1, 0.15) is 28.2 Å². The maximum absolute atomic E-state index is 8.90. The maximum atomic E-state index is 8.90. The van der Waals surface area contributed by atoms with Gasteiger partial charge in [0.05, 0.1) is 12.0 Å². The standard InChI is InChI=1S/C16H11N3OS/c1-20-13-7-5-11(6-8-13)15-10-18-16(21-15)14-4-2-3-12(9-17)19-14/h2-8,10H,1H3. The topological polar surface area (TPSA) is 58.8 Å². The molecule has 0 spiro atoms. The van der Waals surface area contributed by atoms with Crippen LogP contribution in [0.1, 0.15) is 5.69 Å². The molecule has 3 rings (SSSR count). The van der Waals surface area contributed by atoms with Gasteiger partial charge in [0.25, 0.3) is 0 Å². The summed E-state index contributed by atoms with van der Waals surface area (Å²) >= 11 is 1.55. The van der Waals surface area contributed by atoms with E-state index in [4.69, 9.17) is 10.00 Å².